The molecule has 0 bridgehead atoms. The Kier molecular flexibility index (Phi) is 4.57. The number of pyridine rings is 1. The van der Waals surface area contributed by atoms with Gasteiger partial charge in [0.05, 0.1) is 17.0 Å². The van der Waals surface area contributed by atoms with Gasteiger partial charge in [-0.05, 0) is 19.1 Å². The van der Waals surface area contributed by atoms with Crippen LogP contribution in [-0.4, -0.2) is 26.8 Å². The molecule has 7 heteroatoms. The minimum atomic E-state index is -0.123. The lowest BCUT2D eigenvalue weighted by Gasteiger charge is -2.09. The Morgan fingerprint density at radius 1 is 1.30 bits per heavy atom. The van der Waals surface area contributed by atoms with Crippen molar-refractivity contribution < 1.29 is 9.21 Å². The van der Waals surface area contributed by atoms with Crippen LogP contribution in [0.15, 0.2) is 40.0 Å². The van der Waals surface area contributed by atoms with Gasteiger partial charge in [-0.3, -0.25) is 9.78 Å². The van der Waals surface area contributed by atoms with Crippen molar-refractivity contribution in [3.8, 4) is 0 Å². The van der Waals surface area contributed by atoms with E-state index in [1.54, 1.807) is 0 Å². The maximum atomic E-state index is 12.2. The number of carbonyl (C=O) groups excluding carboxylic acids is 1. The molecule has 1 N–H and O–H groups in total. The number of hydrogen-bond acceptors (Lipinski definition) is 6. The first-order valence-corrected chi connectivity index (χ1v) is 8.25. The summed E-state index contributed by atoms with van der Waals surface area (Å²) in [5.41, 5.74) is 2.48. The Morgan fingerprint density at radius 3 is 2.91 bits per heavy atom. The van der Waals surface area contributed by atoms with E-state index in [1.165, 1.54) is 11.8 Å². The topological polar surface area (TPSA) is 80.9 Å². The van der Waals surface area contributed by atoms with Crippen molar-refractivity contribution in [3.63, 3.8) is 0 Å². The lowest BCUT2D eigenvalue weighted by molar-refractivity contribution is -0.113. The number of carbonyl (C=O) groups is 1. The molecule has 0 saturated heterocycles. The van der Waals surface area contributed by atoms with Crippen molar-refractivity contribution in [1.29, 1.82) is 0 Å². The molecule has 23 heavy (non-hydrogen) atoms. The first-order valence-electron chi connectivity index (χ1n) is 7.27. The van der Waals surface area contributed by atoms with E-state index in [2.05, 4.69) is 20.5 Å². The predicted octanol–water partition coefficient (Wildman–Crippen LogP) is 3.22. The Morgan fingerprint density at radius 2 is 2.13 bits per heavy atom. The summed E-state index contributed by atoms with van der Waals surface area (Å²) in [4.78, 5) is 16.6. The van der Waals surface area contributed by atoms with Crippen LogP contribution in [0, 0.1) is 6.92 Å². The van der Waals surface area contributed by atoms with E-state index in [1.807, 2.05) is 44.2 Å². The van der Waals surface area contributed by atoms with Crippen molar-refractivity contribution in [3.05, 3.63) is 41.9 Å². The summed E-state index contributed by atoms with van der Waals surface area (Å²) in [6, 6.07) is 9.59. The van der Waals surface area contributed by atoms with Crippen molar-refractivity contribution in [2.45, 2.75) is 25.5 Å². The standard InChI is InChI=1S/C16H16N4O2S/c1-3-15-19-20-16(22-15)23-9-14(21)18-13-8-10(2)17-12-7-5-4-6-11(12)13/h4-8H,3,9H2,1-2H3,(H,17,18,21). The molecule has 0 atom stereocenters. The zero-order valence-electron chi connectivity index (χ0n) is 12.9. The van der Waals surface area contributed by atoms with Crippen molar-refractivity contribution in [1.82, 2.24) is 15.2 Å². The number of aromatic nitrogens is 3. The van der Waals surface area contributed by atoms with E-state index in [-0.39, 0.29) is 11.7 Å². The van der Waals surface area contributed by atoms with Crippen LogP contribution in [0.5, 0.6) is 0 Å². The molecule has 3 aromatic rings. The maximum absolute atomic E-state index is 12.2. The molecule has 0 aliphatic heterocycles. The molecule has 1 aromatic carbocycles. The van der Waals surface area contributed by atoms with Crippen LogP contribution < -0.4 is 5.32 Å². The molecule has 1 amide bonds. The summed E-state index contributed by atoms with van der Waals surface area (Å²) in [5.74, 6) is 0.659. The zero-order valence-corrected chi connectivity index (χ0v) is 13.7. The van der Waals surface area contributed by atoms with Gasteiger partial charge in [0.1, 0.15) is 0 Å². The molecule has 2 heterocycles. The number of amides is 1. The number of para-hydroxylation sites is 1. The number of nitrogens with zero attached hydrogens (tertiary/aromatic N) is 3. The van der Waals surface area contributed by atoms with Gasteiger partial charge in [-0.15, -0.1) is 10.2 Å². The average molecular weight is 328 g/mol. The van der Waals surface area contributed by atoms with Gasteiger partial charge < -0.3 is 9.73 Å². The summed E-state index contributed by atoms with van der Waals surface area (Å²) >= 11 is 1.23. The SMILES string of the molecule is CCc1nnc(SCC(=O)Nc2cc(C)nc3ccccc23)o1. The van der Waals surface area contributed by atoms with Gasteiger partial charge in [0.2, 0.25) is 11.8 Å². The van der Waals surface area contributed by atoms with E-state index in [0.717, 1.165) is 22.3 Å². The summed E-state index contributed by atoms with van der Waals surface area (Å²) in [6.07, 6.45) is 0.683. The Hall–Kier alpha value is -2.41. The molecule has 0 fully saturated rings. The second-order valence-electron chi connectivity index (χ2n) is 4.98. The number of hydrogen-bond donors (Lipinski definition) is 1. The van der Waals surface area contributed by atoms with Crippen molar-refractivity contribution in [2.75, 3.05) is 11.1 Å². The normalized spacial score (nSPS) is 10.9. The molecule has 6 nitrogen and oxygen atoms in total. The highest BCUT2D eigenvalue weighted by molar-refractivity contribution is 7.99. The molecule has 0 radical (unpaired) electrons. The average Bonchev–Trinajstić information content (AvgIpc) is 3.01. The van der Waals surface area contributed by atoms with Gasteiger partial charge in [0.25, 0.3) is 5.22 Å². The lowest BCUT2D eigenvalue weighted by Crippen LogP contribution is -2.14. The molecule has 0 aliphatic rings. The number of thioether (sulfide) groups is 1. The summed E-state index contributed by atoms with van der Waals surface area (Å²) in [5, 5.41) is 12.0. The van der Waals surface area contributed by atoms with Gasteiger partial charge in [0.15, 0.2) is 0 Å². The first-order chi connectivity index (χ1) is 11.2. The minimum Gasteiger partial charge on any atom is -0.416 e. The fourth-order valence-corrected chi connectivity index (χ4v) is 2.74. The number of rotatable bonds is 5. The van der Waals surface area contributed by atoms with Crippen LogP contribution in [0.2, 0.25) is 0 Å². The highest BCUT2D eigenvalue weighted by Crippen LogP contribution is 2.23. The first kappa shape index (κ1) is 15.5. The molecule has 2 aromatic heterocycles. The van der Waals surface area contributed by atoms with Gasteiger partial charge in [0, 0.05) is 17.5 Å². The molecule has 0 aliphatic carbocycles. The number of anilines is 1. The van der Waals surface area contributed by atoms with Crippen LogP contribution >= 0.6 is 11.8 Å². The quantitative estimate of drug-likeness (QED) is 0.724. The van der Waals surface area contributed by atoms with E-state index in [0.29, 0.717) is 17.5 Å². The van der Waals surface area contributed by atoms with E-state index < -0.39 is 0 Å². The third-order valence-corrected chi connectivity index (χ3v) is 4.01. The Labute approximate surface area is 137 Å². The van der Waals surface area contributed by atoms with Gasteiger partial charge in [-0.2, -0.15) is 0 Å². The molecular weight excluding hydrogens is 312 g/mol. The summed E-state index contributed by atoms with van der Waals surface area (Å²) in [7, 11) is 0. The monoisotopic (exact) mass is 328 g/mol. The van der Waals surface area contributed by atoms with Crippen LogP contribution in [-0.2, 0) is 11.2 Å². The van der Waals surface area contributed by atoms with Gasteiger partial charge >= 0.3 is 0 Å². The lowest BCUT2D eigenvalue weighted by atomic mass is 10.1. The number of fused-ring (bicyclic) bond motifs is 1. The van der Waals surface area contributed by atoms with Crippen molar-refractivity contribution >= 4 is 34.3 Å². The van der Waals surface area contributed by atoms with E-state index in [4.69, 9.17) is 4.42 Å². The van der Waals surface area contributed by atoms with Gasteiger partial charge in [-0.25, -0.2) is 0 Å². The fourth-order valence-electron chi connectivity index (χ4n) is 2.16. The summed E-state index contributed by atoms with van der Waals surface area (Å²) < 4.78 is 5.37. The third kappa shape index (κ3) is 3.68. The minimum absolute atomic E-state index is 0.123. The highest BCUT2D eigenvalue weighted by Gasteiger charge is 2.11. The maximum Gasteiger partial charge on any atom is 0.277 e. The molecule has 0 unspecified atom stereocenters. The van der Waals surface area contributed by atoms with Gasteiger partial charge in [-0.1, -0.05) is 36.9 Å². The number of aryl methyl sites for hydroxylation is 2. The molecule has 0 saturated carbocycles. The smallest absolute Gasteiger partial charge is 0.277 e. The highest BCUT2D eigenvalue weighted by atomic mass is 32.2. The Bertz CT molecular complexity index is 847. The number of benzene rings is 1. The van der Waals surface area contributed by atoms with Crippen LogP contribution in [0.1, 0.15) is 18.5 Å². The summed E-state index contributed by atoms with van der Waals surface area (Å²) in [6.45, 7) is 3.84. The van der Waals surface area contributed by atoms with Crippen LogP contribution in [0.4, 0.5) is 5.69 Å². The molecule has 3 rings (SSSR count). The zero-order chi connectivity index (χ0) is 16.2. The fraction of sp³-hybridized carbons (Fsp3) is 0.250. The molecule has 0 spiro atoms. The second kappa shape index (κ2) is 6.78. The molecular formula is C16H16N4O2S. The van der Waals surface area contributed by atoms with E-state index in [9.17, 15) is 4.79 Å². The second-order valence-corrected chi connectivity index (χ2v) is 5.91. The van der Waals surface area contributed by atoms with Crippen molar-refractivity contribution in [2.24, 2.45) is 0 Å². The largest absolute Gasteiger partial charge is 0.416 e. The third-order valence-electron chi connectivity index (χ3n) is 3.20. The van der Waals surface area contributed by atoms with Crippen LogP contribution in [0.25, 0.3) is 10.9 Å². The predicted molar refractivity (Wildman–Crippen MR) is 89.5 cm³/mol. The Balaban J connectivity index is 1.70. The molecule has 118 valence electrons. The van der Waals surface area contributed by atoms with E-state index >= 15 is 0 Å². The van der Waals surface area contributed by atoms with Crippen LogP contribution in [0.3, 0.4) is 0 Å². The number of nitrogens with one attached hydrogen (secondary N) is 1.